The minimum Gasteiger partial charge on any atom is -0.428 e. The van der Waals surface area contributed by atoms with Crippen molar-refractivity contribution in [1.82, 2.24) is 0 Å². The summed E-state index contributed by atoms with van der Waals surface area (Å²) in [6.45, 7) is 0. The molecule has 0 saturated carbocycles. The van der Waals surface area contributed by atoms with E-state index in [4.69, 9.17) is 4.74 Å². The molecule has 0 fully saturated rings. The zero-order valence-corrected chi connectivity index (χ0v) is 18.9. The van der Waals surface area contributed by atoms with Gasteiger partial charge in [-0.3, -0.25) is 0 Å². The molecule has 5 aromatic carbocycles. The summed E-state index contributed by atoms with van der Waals surface area (Å²) < 4.78 is 5.45. The topological polar surface area (TPSA) is 46.5 Å². The summed E-state index contributed by atoms with van der Waals surface area (Å²) in [6, 6.07) is 40.0. The van der Waals surface area contributed by atoms with Gasteiger partial charge in [-0.1, -0.05) is 121 Å². The molecular weight excluding hydrogens is 432 g/mol. The quantitative estimate of drug-likeness (QED) is 0.286. The summed E-state index contributed by atoms with van der Waals surface area (Å²) in [6.07, 6.45) is -1.34. The number of rotatable bonds is 4. The standard InChI is InChI=1S/C32H22O3/c33-31-29-27(23-17-9-3-10-18-23)25(21-13-5-1-6-14-21)26(22-15-7-2-8-16-22)28(30(29)32(34)35-31)24-19-11-4-12-20-24/h1-20,31,33H. The molecule has 1 unspecified atom stereocenters. The van der Waals surface area contributed by atoms with Crippen molar-refractivity contribution in [1.29, 1.82) is 0 Å². The van der Waals surface area contributed by atoms with Crippen LogP contribution < -0.4 is 0 Å². The zero-order chi connectivity index (χ0) is 23.8. The molecule has 5 aromatic rings. The van der Waals surface area contributed by atoms with E-state index < -0.39 is 12.3 Å². The lowest BCUT2D eigenvalue weighted by Gasteiger charge is -2.24. The van der Waals surface area contributed by atoms with Gasteiger partial charge in [0.25, 0.3) is 0 Å². The highest BCUT2D eigenvalue weighted by Crippen LogP contribution is 2.53. The fraction of sp³-hybridized carbons (Fsp3) is 0.0312. The van der Waals surface area contributed by atoms with Crippen LogP contribution in [0.4, 0.5) is 0 Å². The van der Waals surface area contributed by atoms with E-state index >= 15 is 0 Å². The predicted octanol–water partition coefficient (Wildman–Crippen LogP) is 7.52. The minimum absolute atomic E-state index is 0.418. The number of cyclic esters (lactones) is 1. The second-order valence-electron chi connectivity index (χ2n) is 8.51. The van der Waals surface area contributed by atoms with Crippen LogP contribution in [0.1, 0.15) is 22.2 Å². The van der Waals surface area contributed by atoms with Gasteiger partial charge < -0.3 is 9.84 Å². The van der Waals surface area contributed by atoms with E-state index in [1.54, 1.807) is 0 Å². The fourth-order valence-corrected chi connectivity index (χ4v) is 5.03. The number of esters is 1. The van der Waals surface area contributed by atoms with E-state index in [1.165, 1.54) is 0 Å². The largest absolute Gasteiger partial charge is 0.428 e. The maximum absolute atomic E-state index is 13.3. The van der Waals surface area contributed by atoms with Crippen molar-refractivity contribution in [3.63, 3.8) is 0 Å². The second kappa shape index (κ2) is 8.71. The van der Waals surface area contributed by atoms with Gasteiger partial charge in [0.2, 0.25) is 6.29 Å². The monoisotopic (exact) mass is 454 g/mol. The number of carbonyl (C=O) groups excluding carboxylic acids is 1. The molecule has 0 aliphatic carbocycles. The Morgan fingerprint density at radius 2 is 0.771 bits per heavy atom. The van der Waals surface area contributed by atoms with Crippen LogP contribution in [0.3, 0.4) is 0 Å². The van der Waals surface area contributed by atoms with Gasteiger partial charge in [0.15, 0.2) is 0 Å². The Bertz CT molecular complexity index is 1510. The second-order valence-corrected chi connectivity index (χ2v) is 8.51. The number of aliphatic hydroxyl groups is 1. The number of hydrogen-bond donors (Lipinski definition) is 1. The van der Waals surface area contributed by atoms with Crippen molar-refractivity contribution in [3.8, 4) is 44.5 Å². The number of benzene rings is 5. The first-order chi connectivity index (χ1) is 17.2. The number of hydrogen-bond acceptors (Lipinski definition) is 3. The molecule has 1 aliphatic heterocycles. The maximum atomic E-state index is 13.3. The summed E-state index contributed by atoms with van der Waals surface area (Å²) in [5, 5.41) is 11.1. The van der Waals surface area contributed by atoms with Crippen LogP contribution in [0.15, 0.2) is 121 Å². The Morgan fingerprint density at radius 1 is 0.457 bits per heavy atom. The van der Waals surface area contributed by atoms with Gasteiger partial charge in [0.05, 0.1) is 5.56 Å². The number of fused-ring (bicyclic) bond motifs is 1. The third-order valence-electron chi connectivity index (χ3n) is 6.46. The van der Waals surface area contributed by atoms with Crippen molar-refractivity contribution in [2.24, 2.45) is 0 Å². The highest BCUT2D eigenvalue weighted by molar-refractivity contribution is 6.13. The molecule has 0 radical (unpaired) electrons. The summed E-state index contributed by atoms with van der Waals surface area (Å²) in [7, 11) is 0. The first-order valence-electron chi connectivity index (χ1n) is 11.6. The van der Waals surface area contributed by atoms with Crippen LogP contribution in [0, 0.1) is 0 Å². The maximum Gasteiger partial charge on any atom is 0.341 e. The van der Waals surface area contributed by atoms with E-state index in [1.807, 2.05) is 97.1 Å². The SMILES string of the molecule is O=C1OC(O)c2c1c(-c1ccccc1)c(-c1ccccc1)c(-c1ccccc1)c2-c1ccccc1. The molecule has 6 rings (SSSR count). The van der Waals surface area contributed by atoms with Crippen molar-refractivity contribution in [2.45, 2.75) is 6.29 Å². The molecule has 168 valence electrons. The van der Waals surface area contributed by atoms with Gasteiger partial charge in [-0.25, -0.2) is 4.79 Å². The molecule has 0 spiro atoms. The molecule has 0 amide bonds. The van der Waals surface area contributed by atoms with Crippen LogP contribution in [0.5, 0.6) is 0 Å². The molecule has 0 aromatic heterocycles. The molecule has 3 heteroatoms. The molecule has 3 nitrogen and oxygen atoms in total. The van der Waals surface area contributed by atoms with E-state index in [-0.39, 0.29) is 0 Å². The first-order valence-corrected chi connectivity index (χ1v) is 11.6. The highest BCUT2D eigenvalue weighted by atomic mass is 16.6. The Morgan fingerprint density at radius 3 is 1.17 bits per heavy atom. The van der Waals surface area contributed by atoms with Crippen LogP contribution in [0.2, 0.25) is 0 Å². The number of carbonyl (C=O) groups is 1. The Kier molecular flexibility index (Phi) is 5.25. The Labute approximate surface area is 203 Å². The van der Waals surface area contributed by atoms with E-state index in [2.05, 4.69) is 24.3 Å². The fourth-order valence-electron chi connectivity index (χ4n) is 5.03. The summed E-state index contributed by atoms with van der Waals surface area (Å²) >= 11 is 0. The van der Waals surface area contributed by atoms with E-state index in [0.717, 1.165) is 44.5 Å². The van der Waals surface area contributed by atoms with Crippen LogP contribution in [-0.2, 0) is 4.74 Å². The third kappa shape index (κ3) is 3.54. The van der Waals surface area contributed by atoms with Gasteiger partial charge in [-0.2, -0.15) is 0 Å². The first kappa shape index (κ1) is 21.1. The van der Waals surface area contributed by atoms with Crippen molar-refractivity contribution in [2.75, 3.05) is 0 Å². The zero-order valence-electron chi connectivity index (χ0n) is 18.9. The van der Waals surface area contributed by atoms with Gasteiger partial charge in [0.1, 0.15) is 0 Å². The number of ether oxygens (including phenoxy) is 1. The van der Waals surface area contributed by atoms with Crippen molar-refractivity contribution < 1.29 is 14.6 Å². The third-order valence-corrected chi connectivity index (χ3v) is 6.46. The minimum atomic E-state index is -1.34. The van der Waals surface area contributed by atoms with Gasteiger partial charge >= 0.3 is 5.97 Å². The molecule has 1 N–H and O–H groups in total. The lowest BCUT2D eigenvalue weighted by molar-refractivity contribution is -0.0544. The van der Waals surface area contributed by atoms with Crippen LogP contribution in [-0.4, -0.2) is 11.1 Å². The van der Waals surface area contributed by atoms with Crippen molar-refractivity contribution in [3.05, 3.63) is 132 Å². The summed E-state index contributed by atoms with van der Waals surface area (Å²) in [4.78, 5) is 13.3. The molecule has 1 aliphatic rings. The van der Waals surface area contributed by atoms with Gasteiger partial charge in [-0.15, -0.1) is 0 Å². The highest BCUT2D eigenvalue weighted by Gasteiger charge is 2.39. The smallest absolute Gasteiger partial charge is 0.341 e. The average molecular weight is 455 g/mol. The molecular formula is C32H22O3. The summed E-state index contributed by atoms with van der Waals surface area (Å²) in [5.74, 6) is -0.514. The van der Waals surface area contributed by atoms with Crippen LogP contribution >= 0.6 is 0 Å². The normalized spacial score (nSPS) is 14.4. The summed E-state index contributed by atoms with van der Waals surface area (Å²) in [5.41, 5.74) is 8.19. The molecule has 0 saturated heterocycles. The van der Waals surface area contributed by atoms with Crippen LogP contribution in [0.25, 0.3) is 44.5 Å². The van der Waals surface area contributed by atoms with Crippen molar-refractivity contribution >= 4 is 5.97 Å². The van der Waals surface area contributed by atoms with Gasteiger partial charge in [-0.05, 0) is 33.4 Å². The number of aliphatic hydroxyl groups excluding tert-OH is 1. The average Bonchev–Trinajstić information content (AvgIpc) is 3.22. The molecule has 1 atom stereocenters. The molecule has 35 heavy (non-hydrogen) atoms. The Hall–Kier alpha value is -4.47. The predicted molar refractivity (Wildman–Crippen MR) is 139 cm³/mol. The lowest BCUT2D eigenvalue weighted by atomic mass is 9.77. The van der Waals surface area contributed by atoms with E-state index in [0.29, 0.717) is 11.1 Å². The molecule has 1 heterocycles. The molecule has 0 bridgehead atoms. The Balaban J connectivity index is 1.89. The van der Waals surface area contributed by atoms with Gasteiger partial charge in [0, 0.05) is 16.7 Å². The van der Waals surface area contributed by atoms with E-state index in [9.17, 15) is 9.90 Å². The lowest BCUT2D eigenvalue weighted by Crippen LogP contribution is -2.05.